The number of hydroxylamine groups is 2. The highest BCUT2D eigenvalue weighted by Crippen LogP contribution is 2.33. The SMILES string of the molecule is O=C(Cl)N(OCc1ccccc1)C1CCC(c2ncon2)CC1. The lowest BCUT2D eigenvalue weighted by Gasteiger charge is -2.33. The second kappa shape index (κ2) is 7.57. The van der Waals surface area contributed by atoms with Crippen molar-refractivity contribution in [2.75, 3.05) is 0 Å². The molecule has 7 heteroatoms. The first-order valence-electron chi connectivity index (χ1n) is 7.66. The van der Waals surface area contributed by atoms with Crippen molar-refractivity contribution in [1.29, 1.82) is 0 Å². The largest absolute Gasteiger partial charge is 0.343 e. The van der Waals surface area contributed by atoms with E-state index in [1.54, 1.807) is 0 Å². The van der Waals surface area contributed by atoms with Crippen LogP contribution in [-0.2, 0) is 11.4 Å². The maximum atomic E-state index is 11.7. The third kappa shape index (κ3) is 4.09. The number of aromatic nitrogens is 2. The van der Waals surface area contributed by atoms with Crippen LogP contribution in [0.3, 0.4) is 0 Å². The Morgan fingerprint density at radius 1 is 1.26 bits per heavy atom. The van der Waals surface area contributed by atoms with Gasteiger partial charge in [-0.05, 0) is 42.8 Å². The van der Waals surface area contributed by atoms with E-state index in [1.165, 1.54) is 11.5 Å². The highest BCUT2D eigenvalue weighted by molar-refractivity contribution is 6.62. The normalized spacial score (nSPS) is 21.1. The third-order valence-electron chi connectivity index (χ3n) is 4.16. The fourth-order valence-electron chi connectivity index (χ4n) is 2.95. The Balaban J connectivity index is 1.56. The Labute approximate surface area is 139 Å². The fraction of sp³-hybridized carbons (Fsp3) is 0.438. The minimum atomic E-state index is -0.580. The predicted molar refractivity (Wildman–Crippen MR) is 83.6 cm³/mol. The summed E-state index contributed by atoms with van der Waals surface area (Å²) in [4.78, 5) is 21.5. The number of nitrogens with zero attached hydrogens (tertiary/aromatic N) is 3. The minimum Gasteiger partial charge on any atom is -0.343 e. The summed E-state index contributed by atoms with van der Waals surface area (Å²) in [7, 11) is 0. The number of hydrogen-bond acceptors (Lipinski definition) is 5. The van der Waals surface area contributed by atoms with E-state index in [4.69, 9.17) is 21.0 Å². The molecule has 1 fully saturated rings. The average molecular weight is 336 g/mol. The summed E-state index contributed by atoms with van der Waals surface area (Å²) < 4.78 is 4.80. The summed E-state index contributed by atoms with van der Waals surface area (Å²) in [5.41, 5.74) is 0.996. The molecular formula is C16H18ClN3O3. The molecule has 0 radical (unpaired) electrons. The molecule has 1 aliphatic carbocycles. The van der Waals surface area contributed by atoms with Crippen LogP contribution in [0.25, 0.3) is 0 Å². The molecule has 0 unspecified atom stereocenters. The van der Waals surface area contributed by atoms with Crippen molar-refractivity contribution in [3.8, 4) is 0 Å². The molecule has 0 aliphatic heterocycles. The number of carbonyl (C=O) groups excluding carboxylic acids is 1. The number of amides is 1. The van der Waals surface area contributed by atoms with Gasteiger partial charge in [0.25, 0.3) is 0 Å². The van der Waals surface area contributed by atoms with Gasteiger partial charge in [-0.1, -0.05) is 35.5 Å². The summed E-state index contributed by atoms with van der Waals surface area (Å²) in [6.07, 6.45) is 4.69. The smallest absolute Gasteiger partial charge is 0.340 e. The molecule has 0 N–H and O–H groups in total. The lowest BCUT2D eigenvalue weighted by Crippen LogP contribution is -2.39. The Bertz CT molecular complexity index is 613. The van der Waals surface area contributed by atoms with E-state index in [1.807, 2.05) is 30.3 Å². The van der Waals surface area contributed by atoms with Crippen molar-refractivity contribution >= 4 is 17.0 Å². The first-order chi connectivity index (χ1) is 11.2. The van der Waals surface area contributed by atoms with Crippen molar-refractivity contribution in [3.05, 3.63) is 48.1 Å². The van der Waals surface area contributed by atoms with Crippen molar-refractivity contribution in [3.63, 3.8) is 0 Å². The lowest BCUT2D eigenvalue weighted by atomic mass is 9.85. The highest BCUT2D eigenvalue weighted by Gasteiger charge is 2.31. The third-order valence-corrected chi connectivity index (χ3v) is 4.32. The quantitative estimate of drug-likeness (QED) is 0.471. The number of hydrogen-bond donors (Lipinski definition) is 0. The molecule has 1 aliphatic rings. The molecule has 122 valence electrons. The van der Waals surface area contributed by atoms with Gasteiger partial charge in [0.1, 0.15) is 6.61 Å². The second-order valence-electron chi connectivity index (χ2n) is 5.63. The summed E-state index contributed by atoms with van der Waals surface area (Å²) in [5.74, 6) is 1.00. The summed E-state index contributed by atoms with van der Waals surface area (Å²) in [6.45, 7) is 0.323. The lowest BCUT2D eigenvalue weighted by molar-refractivity contribution is -0.154. The zero-order chi connectivity index (χ0) is 16.1. The maximum absolute atomic E-state index is 11.7. The molecule has 1 aromatic carbocycles. The molecule has 0 atom stereocenters. The van der Waals surface area contributed by atoms with E-state index in [9.17, 15) is 4.79 Å². The van der Waals surface area contributed by atoms with Crippen LogP contribution in [0.5, 0.6) is 0 Å². The van der Waals surface area contributed by atoms with Crippen molar-refractivity contribution in [2.24, 2.45) is 0 Å². The van der Waals surface area contributed by atoms with Gasteiger partial charge in [-0.3, -0.25) is 9.63 Å². The van der Waals surface area contributed by atoms with Crippen LogP contribution >= 0.6 is 11.6 Å². The van der Waals surface area contributed by atoms with E-state index in [0.717, 1.165) is 37.1 Å². The Hall–Kier alpha value is -1.92. The van der Waals surface area contributed by atoms with E-state index < -0.39 is 5.37 Å². The molecule has 1 amide bonds. The predicted octanol–water partition coefficient (Wildman–Crippen LogP) is 3.89. The van der Waals surface area contributed by atoms with E-state index in [-0.39, 0.29) is 12.0 Å². The van der Waals surface area contributed by atoms with Gasteiger partial charge in [-0.25, -0.2) is 5.06 Å². The topological polar surface area (TPSA) is 68.5 Å². The van der Waals surface area contributed by atoms with E-state index in [2.05, 4.69) is 10.1 Å². The molecule has 1 saturated carbocycles. The van der Waals surface area contributed by atoms with Gasteiger partial charge in [0, 0.05) is 5.92 Å². The maximum Gasteiger partial charge on any atom is 0.340 e. The van der Waals surface area contributed by atoms with Gasteiger partial charge >= 0.3 is 5.37 Å². The summed E-state index contributed by atoms with van der Waals surface area (Å²) in [5, 5.41) is 4.62. The van der Waals surface area contributed by atoms with Crippen LogP contribution in [0.15, 0.2) is 41.2 Å². The molecule has 6 nitrogen and oxygen atoms in total. The summed E-state index contributed by atoms with van der Waals surface area (Å²) >= 11 is 5.70. The van der Waals surface area contributed by atoms with Gasteiger partial charge in [0.15, 0.2) is 5.82 Å². The first-order valence-corrected chi connectivity index (χ1v) is 8.03. The molecular weight excluding hydrogens is 318 g/mol. The molecule has 0 saturated heterocycles. The molecule has 1 aromatic heterocycles. The molecule has 0 bridgehead atoms. The molecule has 23 heavy (non-hydrogen) atoms. The Kier molecular flexibility index (Phi) is 5.25. The van der Waals surface area contributed by atoms with Crippen LogP contribution < -0.4 is 0 Å². The number of benzene rings is 1. The van der Waals surface area contributed by atoms with Gasteiger partial charge in [-0.15, -0.1) is 0 Å². The van der Waals surface area contributed by atoms with Gasteiger partial charge in [-0.2, -0.15) is 4.98 Å². The van der Waals surface area contributed by atoms with Gasteiger partial charge in [0.05, 0.1) is 6.04 Å². The van der Waals surface area contributed by atoms with Crippen molar-refractivity contribution < 1.29 is 14.2 Å². The zero-order valence-corrected chi connectivity index (χ0v) is 13.4. The van der Waals surface area contributed by atoms with Crippen LogP contribution in [0, 0.1) is 0 Å². The zero-order valence-electron chi connectivity index (χ0n) is 12.6. The standard InChI is InChI=1S/C16H18ClN3O3/c17-16(21)20(23-10-12-4-2-1-3-5-12)14-8-6-13(7-9-14)15-18-11-22-19-15/h1-5,11,13-14H,6-10H2. The van der Waals surface area contributed by atoms with E-state index >= 15 is 0 Å². The first kappa shape index (κ1) is 16.0. The van der Waals surface area contributed by atoms with Gasteiger partial charge < -0.3 is 4.52 Å². The van der Waals surface area contributed by atoms with Gasteiger partial charge in [0.2, 0.25) is 6.39 Å². The summed E-state index contributed by atoms with van der Waals surface area (Å²) in [6, 6.07) is 9.68. The van der Waals surface area contributed by atoms with Crippen LogP contribution in [-0.4, -0.2) is 26.6 Å². The molecule has 2 aromatic rings. The van der Waals surface area contributed by atoms with Crippen LogP contribution in [0.2, 0.25) is 0 Å². The Morgan fingerprint density at radius 2 is 2.00 bits per heavy atom. The van der Waals surface area contributed by atoms with Crippen LogP contribution in [0.1, 0.15) is 43.0 Å². The van der Waals surface area contributed by atoms with Crippen LogP contribution in [0.4, 0.5) is 4.79 Å². The number of rotatable bonds is 5. The average Bonchev–Trinajstić information content (AvgIpc) is 3.11. The van der Waals surface area contributed by atoms with Crippen molar-refractivity contribution in [1.82, 2.24) is 15.2 Å². The highest BCUT2D eigenvalue weighted by atomic mass is 35.5. The Morgan fingerprint density at radius 3 is 2.61 bits per heavy atom. The number of halogens is 1. The molecule has 3 rings (SSSR count). The minimum absolute atomic E-state index is 0.0214. The second-order valence-corrected chi connectivity index (χ2v) is 5.96. The molecule has 0 spiro atoms. The van der Waals surface area contributed by atoms with E-state index in [0.29, 0.717) is 6.61 Å². The number of carbonyl (C=O) groups is 1. The monoisotopic (exact) mass is 335 g/mol. The van der Waals surface area contributed by atoms with Crippen molar-refractivity contribution in [2.45, 2.75) is 44.2 Å². The fourth-order valence-corrected chi connectivity index (χ4v) is 3.13. The molecule has 1 heterocycles.